The first kappa shape index (κ1) is 12.5. The normalized spacial score (nSPS) is 15.1. The van der Waals surface area contributed by atoms with Crippen LogP contribution in [0.1, 0.15) is 16.7 Å². The third kappa shape index (κ3) is 2.07. The maximum Gasteiger partial charge on any atom is 0.256 e. The molecule has 2 aromatic carbocycles. The van der Waals surface area contributed by atoms with Gasteiger partial charge in [-0.2, -0.15) is 0 Å². The van der Waals surface area contributed by atoms with Crippen molar-refractivity contribution in [3.63, 3.8) is 0 Å². The van der Waals surface area contributed by atoms with Gasteiger partial charge >= 0.3 is 0 Å². The summed E-state index contributed by atoms with van der Waals surface area (Å²) in [6.45, 7) is 1.99. The lowest BCUT2D eigenvalue weighted by Crippen LogP contribution is -2.03. The first-order valence-electron chi connectivity index (χ1n) is 6.46. The largest absolute Gasteiger partial charge is 0.496 e. The SMILES string of the molecule is COc1ccc(C=C2C(=O)Nc3ccccc32)cc1C. The lowest BCUT2D eigenvalue weighted by Gasteiger charge is -2.05. The Morgan fingerprint density at radius 1 is 1.15 bits per heavy atom. The molecule has 0 saturated heterocycles. The Morgan fingerprint density at radius 2 is 1.95 bits per heavy atom. The zero-order valence-electron chi connectivity index (χ0n) is 11.4. The summed E-state index contributed by atoms with van der Waals surface area (Å²) in [5, 5.41) is 2.87. The molecule has 0 bridgehead atoms. The fraction of sp³-hybridized carbons (Fsp3) is 0.118. The highest BCUT2D eigenvalue weighted by Gasteiger charge is 2.23. The molecule has 0 radical (unpaired) electrons. The first-order chi connectivity index (χ1) is 9.69. The molecule has 100 valence electrons. The monoisotopic (exact) mass is 265 g/mol. The van der Waals surface area contributed by atoms with Gasteiger partial charge in [-0.05, 0) is 42.3 Å². The van der Waals surface area contributed by atoms with E-state index in [0.717, 1.165) is 28.1 Å². The molecule has 0 unspecified atom stereocenters. The molecule has 0 spiro atoms. The number of methoxy groups -OCH3 is 1. The van der Waals surface area contributed by atoms with Crippen LogP contribution in [0, 0.1) is 6.92 Å². The van der Waals surface area contributed by atoms with Gasteiger partial charge in [-0.15, -0.1) is 0 Å². The van der Waals surface area contributed by atoms with Crippen LogP contribution in [0.25, 0.3) is 11.6 Å². The standard InChI is InChI=1S/C17H15NO2/c1-11-9-12(7-8-16(11)20-2)10-14-13-5-3-4-6-15(13)18-17(14)19/h3-10H,1-2H3,(H,18,19). The molecule has 1 N–H and O–H groups in total. The Balaban J connectivity index is 2.04. The zero-order valence-corrected chi connectivity index (χ0v) is 11.4. The van der Waals surface area contributed by atoms with Crippen molar-refractivity contribution in [3.05, 3.63) is 59.2 Å². The number of benzene rings is 2. The van der Waals surface area contributed by atoms with Crippen molar-refractivity contribution in [2.75, 3.05) is 12.4 Å². The Bertz CT molecular complexity index is 717. The van der Waals surface area contributed by atoms with E-state index in [2.05, 4.69) is 5.32 Å². The van der Waals surface area contributed by atoms with Crippen LogP contribution in [0.3, 0.4) is 0 Å². The number of hydrogen-bond donors (Lipinski definition) is 1. The number of rotatable bonds is 2. The molecule has 0 aliphatic carbocycles. The van der Waals surface area contributed by atoms with Gasteiger partial charge in [0.25, 0.3) is 5.91 Å². The Labute approximate surface area is 117 Å². The predicted molar refractivity (Wildman–Crippen MR) is 80.7 cm³/mol. The number of hydrogen-bond acceptors (Lipinski definition) is 2. The van der Waals surface area contributed by atoms with E-state index < -0.39 is 0 Å². The number of carbonyl (C=O) groups excluding carboxylic acids is 1. The summed E-state index contributed by atoms with van der Waals surface area (Å²) >= 11 is 0. The summed E-state index contributed by atoms with van der Waals surface area (Å²) in [5.41, 5.74) is 4.56. The van der Waals surface area contributed by atoms with Crippen molar-refractivity contribution in [1.82, 2.24) is 0 Å². The quantitative estimate of drug-likeness (QED) is 0.844. The van der Waals surface area contributed by atoms with Crippen molar-refractivity contribution in [1.29, 1.82) is 0 Å². The topological polar surface area (TPSA) is 38.3 Å². The maximum atomic E-state index is 12.0. The third-order valence-electron chi connectivity index (χ3n) is 3.44. The van der Waals surface area contributed by atoms with Gasteiger partial charge in [-0.3, -0.25) is 4.79 Å². The average molecular weight is 265 g/mol. The van der Waals surface area contributed by atoms with E-state index >= 15 is 0 Å². The summed E-state index contributed by atoms with van der Waals surface area (Å²) in [6.07, 6.45) is 1.91. The van der Waals surface area contributed by atoms with Gasteiger partial charge in [-0.25, -0.2) is 0 Å². The highest BCUT2D eigenvalue weighted by Crippen LogP contribution is 2.33. The average Bonchev–Trinajstić information content (AvgIpc) is 2.76. The summed E-state index contributed by atoms with van der Waals surface area (Å²) in [4.78, 5) is 12.0. The van der Waals surface area contributed by atoms with Crippen LogP contribution in [-0.4, -0.2) is 13.0 Å². The van der Waals surface area contributed by atoms with Crippen molar-refractivity contribution in [2.45, 2.75) is 6.92 Å². The van der Waals surface area contributed by atoms with Gasteiger partial charge in [0.2, 0.25) is 0 Å². The van der Waals surface area contributed by atoms with Gasteiger partial charge < -0.3 is 10.1 Å². The first-order valence-corrected chi connectivity index (χ1v) is 6.46. The second-order valence-corrected chi connectivity index (χ2v) is 4.79. The molecule has 0 fully saturated rings. The molecular weight excluding hydrogens is 250 g/mol. The molecule has 1 aliphatic rings. The molecular formula is C17H15NO2. The zero-order chi connectivity index (χ0) is 14.1. The van der Waals surface area contributed by atoms with E-state index in [0.29, 0.717) is 5.57 Å². The molecule has 3 nitrogen and oxygen atoms in total. The summed E-state index contributed by atoms with van der Waals surface area (Å²) in [7, 11) is 1.65. The number of ether oxygens (including phenoxy) is 1. The highest BCUT2D eigenvalue weighted by atomic mass is 16.5. The molecule has 1 heterocycles. The van der Waals surface area contributed by atoms with E-state index in [1.165, 1.54) is 0 Å². The maximum absolute atomic E-state index is 12.0. The van der Waals surface area contributed by atoms with Crippen LogP contribution < -0.4 is 10.1 Å². The molecule has 2 aromatic rings. The molecule has 3 heteroatoms. The second kappa shape index (κ2) is 4.85. The van der Waals surface area contributed by atoms with Crippen LogP contribution in [-0.2, 0) is 4.79 Å². The van der Waals surface area contributed by atoms with Crippen molar-refractivity contribution in [2.24, 2.45) is 0 Å². The number of aryl methyl sites for hydroxylation is 1. The Kier molecular flexibility index (Phi) is 3.03. The van der Waals surface area contributed by atoms with Crippen LogP contribution in [0.15, 0.2) is 42.5 Å². The van der Waals surface area contributed by atoms with Gasteiger partial charge in [0, 0.05) is 16.8 Å². The number of nitrogens with one attached hydrogen (secondary N) is 1. The summed E-state index contributed by atoms with van der Waals surface area (Å²) in [6, 6.07) is 13.6. The van der Waals surface area contributed by atoms with Crippen molar-refractivity contribution in [3.8, 4) is 5.75 Å². The van der Waals surface area contributed by atoms with Gasteiger partial charge in [0.15, 0.2) is 0 Å². The van der Waals surface area contributed by atoms with Gasteiger partial charge in [-0.1, -0.05) is 24.3 Å². The van der Waals surface area contributed by atoms with E-state index in [1.807, 2.05) is 55.5 Å². The van der Waals surface area contributed by atoms with Gasteiger partial charge in [0.05, 0.1) is 7.11 Å². The highest BCUT2D eigenvalue weighted by molar-refractivity contribution is 6.34. The van der Waals surface area contributed by atoms with E-state index in [4.69, 9.17) is 4.74 Å². The molecule has 20 heavy (non-hydrogen) atoms. The minimum atomic E-state index is -0.0559. The molecule has 0 atom stereocenters. The minimum Gasteiger partial charge on any atom is -0.496 e. The predicted octanol–water partition coefficient (Wildman–Crippen LogP) is 3.50. The van der Waals surface area contributed by atoms with Crippen LogP contribution in [0.5, 0.6) is 5.75 Å². The minimum absolute atomic E-state index is 0.0559. The van der Waals surface area contributed by atoms with E-state index in [9.17, 15) is 4.79 Å². The number of fused-ring (bicyclic) bond motifs is 1. The van der Waals surface area contributed by atoms with Crippen molar-refractivity contribution >= 4 is 23.2 Å². The van der Waals surface area contributed by atoms with Gasteiger partial charge in [0.1, 0.15) is 5.75 Å². The number of carbonyl (C=O) groups is 1. The Morgan fingerprint density at radius 3 is 2.70 bits per heavy atom. The van der Waals surface area contributed by atoms with E-state index in [-0.39, 0.29) is 5.91 Å². The van der Waals surface area contributed by atoms with Crippen LogP contribution >= 0.6 is 0 Å². The Hall–Kier alpha value is -2.55. The summed E-state index contributed by atoms with van der Waals surface area (Å²) in [5.74, 6) is 0.795. The number of para-hydroxylation sites is 1. The number of amides is 1. The fourth-order valence-corrected chi connectivity index (χ4v) is 2.44. The summed E-state index contributed by atoms with van der Waals surface area (Å²) < 4.78 is 5.25. The van der Waals surface area contributed by atoms with E-state index in [1.54, 1.807) is 7.11 Å². The molecule has 1 aliphatic heterocycles. The molecule has 0 saturated carbocycles. The third-order valence-corrected chi connectivity index (χ3v) is 3.44. The lowest BCUT2D eigenvalue weighted by atomic mass is 10.0. The van der Waals surface area contributed by atoms with Crippen LogP contribution in [0.2, 0.25) is 0 Å². The molecule has 1 amide bonds. The lowest BCUT2D eigenvalue weighted by molar-refractivity contribution is -0.110. The second-order valence-electron chi connectivity index (χ2n) is 4.79. The smallest absolute Gasteiger partial charge is 0.256 e. The number of anilines is 1. The van der Waals surface area contributed by atoms with Crippen molar-refractivity contribution < 1.29 is 9.53 Å². The molecule has 0 aromatic heterocycles. The molecule has 3 rings (SSSR count). The fourth-order valence-electron chi connectivity index (χ4n) is 2.44. The van der Waals surface area contributed by atoms with Crippen LogP contribution in [0.4, 0.5) is 5.69 Å².